The van der Waals surface area contributed by atoms with Crippen LogP contribution in [-0.4, -0.2) is 41.5 Å². The van der Waals surface area contributed by atoms with Gasteiger partial charge in [0.15, 0.2) is 6.10 Å². The first-order valence-corrected chi connectivity index (χ1v) is 5.59. The zero-order valence-electron chi connectivity index (χ0n) is 10.5. The van der Waals surface area contributed by atoms with Gasteiger partial charge in [0, 0.05) is 25.8 Å². The smallest absolute Gasteiger partial charge is 0.263 e. The van der Waals surface area contributed by atoms with E-state index in [0.29, 0.717) is 12.3 Å². The number of nitrogens with zero attached hydrogens (tertiary/aromatic N) is 2. The lowest BCUT2D eigenvalue weighted by atomic mass is 10.2. The number of aromatic nitrogens is 1. The molecule has 0 bridgehead atoms. The molecule has 1 heterocycles. The molecular formula is C12H19N3O2. The second kappa shape index (κ2) is 6.20. The highest BCUT2D eigenvalue weighted by Gasteiger charge is 2.22. The number of nitrogens with two attached hydrogens (primary N) is 1. The van der Waals surface area contributed by atoms with Crippen LogP contribution in [-0.2, 0) is 4.79 Å². The highest BCUT2D eigenvalue weighted by Crippen LogP contribution is 2.10. The Bertz CT molecular complexity index is 356. The minimum atomic E-state index is -0.543. The normalized spacial score (nSPS) is 13.9. The van der Waals surface area contributed by atoms with Crippen LogP contribution >= 0.6 is 0 Å². The van der Waals surface area contributed by atoms with Crippen molar-refractivity contribution >= 4 is 5.91 Å². The number of pyridine rings is 1. The SMILES string of the molecule is CC(Oc1cccnc1)C(=O)N(C)C(C)CN. The third-order valence-corrected chi connectivity index (χ3v) is 2.64. The Balaban J connectivity index is 2.58. The summed E-state index contributed by atoms with van der Waals surface area (Å²) < 4.78 is 5.50. The molecule has 5 heteroatoms. The summed E-state index contributed by atoms with van der Waals surface area (Å²) in [5, 5.41) is 0. The van der Waals surface area contributed by atoms with E-state index < -0.39 is 6.10 Å². The maximum atomic E-state index is 12.0. The zero-order chi connectivity index (χ0) is 12.8. The van der Waals surface area contributed by atoms with Crippen molar-refractivity contribution in [3.8, 4) is 5.75 Å². The van der Waals surface area contributed by atoms with Crippen LogP contribution in [0.15, 0.2) is 24.5 Å². The van der Waals surface area contributed by atoms with Crippen LogP contribution in [0, 0.1) is 0 Å². The quantitative estimate of drug-likeness (QED) is 0.816. The number of likely N-dealkylation sites (N-methyl/N-ethyl adjacent to an activating group) is 1. The summed E-state index contributed by atoms with van der Waals surface area (Å²) in [5.74, 6) is 0.494. The number of hydrogen-bond acceptors (Lipinski definition) is 4. The lowest BCUT2D eigenvalue weighted by molar-refractivity contribution is -0.138. The first kappa shape index (κ1) is 13.4. The van der Waals surface area contributed by atoms with Crippen LogP contribution in [0.3, 0.4) is 0 Å². The summed E-state index contributed by atoms with van der Waals surface area (Å²) in [6.07, 6.45) is 2.69. The molecule has 0 aliphatic carbocycles. The third-order valence-electron chi connectivity index (χ3n) is 2.64. The number of rotatable bonds is 5. The van der Waals surface area contributed by atoms with Gasteiger partial charge in [-0.05, 0) is 26.0 Å². The van der Waals surface area contributed by atoms with Crippen molar-refractivity contribution in [2.24, 2.45) is 5.73 Å². The van der Waals surface area contributed by atoms with Gasteiger partial charge < -0.3 is 15.4 Å². The molecule has 2 atom stereocenters. The molecular weight excluding hydrogens is 218 g/mol. The van der Waals surface area contributed by atoms with E-state index in [4.69, 9.17) is 10.5 Å². The van der Waals surface area contributed by atoms with Crippen molar-refractivity contribution in [3.63, 3.8) is 0 Å². The number of carbonyl (C=O) groups is 1. The van der Waals surface area contributed by atoms with E-state index in [9.17, 15) is 4.79 Å². The van der Waals surface area contributed by atoms with Crippen LogP contribution in [0.4, 0.5) is 0 Å². The fourth-order valence-corrected chi connectivity index (χ4v) is 1.33. The zero-order valence-corrected chi connectivity index (χ0v) is 10.5. The summed E-state index contributed by atoms with van der Waals surface area (Å²) in [5.41, 5.74) is 5.52. The number of amides is 1. The van der Waals surface area contributed by atoms with Gasteiger partial charge in [0.25, 0.3) is 5.91 Å². The molecule has 0 aliphatic rings. The van der Waals surface area contributed by atoms with Gasteiger partial charge >= 0.3 is 0 Å². The van der Waals surface area contributed by atoms with Gasteiger partial charge in [0.2, 0.25) is 0 Å². The molecule has 2 unspecified atom stereocenters. The van der Waals surface area contributed by atoms with E-state index in [2.05, 4.69) is 4.98 Å². The Kier molecular flexibility index (Phi) is 4.90. The van der Waals surface area contributed by atoms with Crippen molar-refractivity contribution in [2.75, 3.05) is 13.6 Å². The maximum absolute atomic E-state index is 12.0. The Hall–Kier alpha value is -1.62. The van der Waals surface area contributed by atoms with Gasteiger partial charge in [0.05, 0.1) is 6.20 Å². The first-order valence-electron chi connectivity index (χ1n) is 5.59. The van der Waals surface area contributed by atoms with Crippen LogP contribution in [0.1, 0.15) is 13.8 Å². The monoisotopic (exact) mass is 237 g/mol. The van der Waals surface area contributed by atoms with Gasteiger partial charge in [0.1, 0.15) is 5.75 Å². The topological polar surface area (TPSA) is 68.5 Å². The fourth-order valence-electron chi connectivity index (χ4n) is 1.33. The van der Waals surface area contributed by atoms with Gasteiger partial charge in [-0.2, -0.15) is 0 Å². The van der Waals surface area contributed by atoms with Crippen LogP contribution < -0.4 is 10.5 Å². The molecule has 1 rings (SSSR count). The Morgan fingerprint density at radius 3 is 2.82 bits per heavy atom. The van der Waals surface area contributed by atoms with Crippen molar-refractivity contribution in [3.05, 3.63) is 24.5 Å². The summed E-state index contributed by atoms with van der Waals surface area (Å²) in [4.78, 5) is 17.5. The van der Waals surface area contributed by atoms with Gasteiger partial charge in [-0.25, -0.2) is 0 Å². The summed E-state index contributed by atoms with van der Waals surface area (Å²) in [7, 11) is 1.73. The molecule has 0 aliphatic heterocycles. The second-order valence-electron chi connectivity index (χ2n) is 3.98. The molecule has 0 spiro atoms. The summed E-state index contributed by atoms with van der Waals surface area (Å²) >= 11 is 0. The lowest BCUT2D eigenvalue weighted by Crippen LogP contribution is -2.45. The molecule has 1 aromatic heterocycles. The molecule has 0 saturated heterocycles. The standard InChI is InChI=1S/C12H19N3O2/c1-9(7-13)15(3)12(16)10(2)17-11-5-4-6-14-8-11/h4-6,8-10H,7,13H2,1-3H3. The lowest BCUT2D eigenvalue weighted by Gasteiger charge is -2.26. The Morgan fingerprint density at radius 1 is 1.59 bits per heavy atom. The van der Waals surface area contributed by atoms with E-state index in [1.165, 1.54) is 0 Å². The molecule has 0 fully saturated rings. The molecule has 17 heavy (non-hydrogen) atoms. The molecule has 5 nitrogen and oxygen atoms in total. The fraction of sp³-hybridized carbons (Fsp3) is 0.500. The summed E-state index contributed by atoms with van der Waals surface area (Å²) in [6.45, 7) is 4.05. The van der Waals surface area contributed by atoms with E-state index in [0.717, 1.165) is 0 Å². The molecule has 2 N–H and O–H groups in total. The van der Waals surface area contributed by atoms with E-state index >= 15 is 0 Å². The van der Waals surface area contributed by atoms with Crippen LogP contribution in [0.25, 0.3) is 0 Å². The average Bonchev–Trinajstić information content (AvgIpc) is 2.37. The summed E-state index contributed by atoms with van der Waals surface area (Å²) in [6, 6.07) is 3.53. The molecule has 1 amide bonds. The maximum Gasteiger partial charge on any atom is 0.263 e. The highest BCUT2D eigenvalue weighted by atomic mass is 16.5. The number of carbonyl (C=O) groups excluding carboxylic acids is 1. The van der Waals surface area contributed by atoms with Gasteiger partial charge in [-0.3, -0.25) is 9.78 Å². The second-order valence-corrected chi connectivity index (χ2v) is 3.98. The average molecular weight is 237 g/mol. The van der Waals surface area contributed by atoms with E-state index in [1.54, 1.807) is 43.4 Å². The molecule has 0 saturated carbocycles. The van der Waals surface area contributed by atoms with Crippen LogP contribution in [0.5, 0.6) is 5.75 Å². The minimum absolute atomic E-state index is 0.00227. The Labute approximate surface area is 102 Å². The van der Waals surface area contributed by atoms with Crippen molar-refractivity contribution < 1.29 is 9.53 Å². The predicted molar refractivity (Wildman–Crippen MR) is 65.6 cm³/mol. The number of hydrogen-bond donors (Lipinski definition) is 1. The Morgan fingerprint density at radius 2 is 2.29 bits per heavy atom. The highest BCUT2D eigenvalue weighted by molar-refractivity contribution is 5.80. The largest absolute Gasteiger partial charge is 0.479 e. The van der Waals surface area contributed by atoms with Gasteiger partial charge in [-0.15, -0.1) is 0 Å². The van der Waals surface area contributed by atoms with E-state index in [1.807, 2.05) is 6.92 Å². The molecule has 0 radical (unpaired) electrons. The minimum Gasteiger partial charge on any atom is -0.479 e. The van der Waals surface area contributed by atoms with Crippen molar-refractivity contribution in [2.45, 2.75) is 26.0 Å². The van der Waals surface area contributed by atoms with Crippen molar-refractivity contribution in [1.82, 2.24) is 9.88 Å². The molecule has 1 aromatic rings. The first-order chi connectivity index (χ1) is 8.06. The van der Waals surface area contributed by atoms with Crippen LogP contribution in [0.2, 0.25) is 0 Å². The third kappa shape index (κ3) is 3.71. The van der Waals surface area contributed by atoms with Crippen molar-refractivity contribution in [1.29, 1.82) is 0 Å². The van der Waals surface area contributed by atoms with E-state index in [-0.39, 0.29) is 11.9 Å². The number of ether oxygens (including phenoxy) is 1. The molecule has 0 aromatic carbocycles. The predicted octanol–water partition coefficient (Wildman–Crippen LogP) is 0.654. The molecule has 94 valence electrons. The van der Waals surface area contributed by atoms with Gasteiger partial charge in [-0.1, -0.05) is 0 Å².